The van der Waals surface area contributed by atoms with E-state index in [-0.39, 0.29) is 0 Å². The van der Waals surface area contributed by atoms with E-state index < -0.39 is 0 Å². The van der Waals surface area contributed by atoms with Crippen LogP contribution in [-0.2, 0) is 6.42 Å². The SMILES string of the molecule is CCc1ccc(-c2nc3ccc(C)cc3[nH]2)o1. The summed E-state index contributed by atoms with van der Waals surface area (Å²) in [5, 5.41) is 0. The number of hydrogen-bond acceptors (Lipinski definition) is 2. The largest absolute Gasteiger partial charge is 0.458 e. The second kappa shape index (κ2) is 3.77. The first kappa shape index (κ1) is 10.1. The molecule has 1 aromatic carbocycles. The van der Waals surface area contributed by atoms with Gasteiger partial charge in [0.15, 0.2) is 11.6 Å². The summed E-state index contributed by atoms with van der Waals surface area (Å²) in [7, 11) is 0. The lowest BCUT2D eigenvalue weighted by molar-refractivity contribution is 0.526. The summed E-state index contributed by atoms with van der Waals surface area (Å²) in [5.74, 6) is 2.58. The van der Waals surface area contributed by atoms with Gasteiger partial charge in [0.1, 0.15) is 5.76 Å². The van der Waals surface area contributed by atoms with Gasteiger partial charge >= 0.3 is 0 Å². The van der Waals surface area contributed by atoms with Crippen LogP contribution in [0.25, 0.3) is 22.6 Å². The molecule has 0 spiro atoms. The molecule has 0 saturated heterocycles. The fourth-order valence-corrected chi connectivity index (χ4v) is 1.94. The third-order valence-corrected chi connectivity index (χ3v) is 2.88. The Morgan fingerprint density at radius 2 is 2.12 bits per heavy atom. The van der Waals surface area contributed by atoms with Crippen LogP contribution in [0.1, 0.15) is 18.2 Å². The van der Waals surface area contributed by atoms with Crippen molar-refractivity contribution in [1.82, 2.24) is 9.97 Å². The second-order valence-corrected chi connectivity index (χ2v) is 4.23. The molecule has 2 heterocycles. The molecule has 0 fully saturated rings. The minimum absolute atomic E-state index is 0.797. The number of nitrogens with zero attached hydrogens (tertiary/aromatic N) is 1. The molecule has 17 heavy (non-hydrogen) atoms. The number of imidazole rings is 1. The zero-order chi connectivity index (χ0) is 11.8. The van der Waals surface area contributed by atoms with E-state index in [2.05, 4.69) is 35.9 Å². The van der Waals surface area contributed by atoms with Crippen molar-refractivity contribution >= 4 is 11.0 Å². The van der Waals surface area contributed by atoms with E-state index in [1.165, 1.54) is 5.56 Å². The fraction of sp³-hybridized carbons (Fsp3) is 0.214. The van der Waals surface area contributed by atoms with Crippen molar-refractivity contribution in [3.8, 4) is 11.6 Å². The molecule has 0 atom stereocenters. The zero-order valence-electron chi connectivity index (χ0n) is 9.95. The van der Waals surface area contributed by atoms with Crippen LogP contribution in [0, 0.1) is 6.92 Å². The molecule has 3 nitrogen and oxygen atoms in total. The monoisotopic (exact) mass is 226 g/mol. The smallest absolute Gasteiger partial charge is 0.174 e. The predicted molar refractivity (Wildman–Crippen MR) is 67.9 cm³/mol. The summed E-state index contributed by atoms with van der Waals surface area (Å²) in [6.07, 6.45) is 0.902. The van der Waals surface area contributed by atoms with E-state index in [4.69, 9.17) is 4.42 Å². The van der Waals surface area contributed by atoms with Crippen LogP contribution in [-0.4, -0.2) is 9.97 Å². The van der Waals surface area contributed by atoms with Crippen LogP contribution < -0.4 is 0 Å². The number of hydrogen-bond donors (Lipinski definition) is 1. The summed E-state index contributed by atoms with van der Waals surface area (Å²) >= 11 is 0. The molecular formula is C14H14N2O. The van der Waals surface area contributed by atoms with Gasteiger partial charge in [0.2, 0.25) is 0 Å². The van der Waals surface area contributed by atoms with Crippen LogP contribution in [0.5, 0.6) is 0 Å². The first-order valence-corrected chi connectivity index (χ1v) is 5.81. The summed E-state index contributed by atoms with van der Waals surface area (Å²) in [4.78, 5) is 7.81. The summed E-state index contributed by atoms with van der Waals surface area (Å²) in [6.45, 7) is 4.15. The van der Waals surface area contributed by atoms with Gasteiger partial charge < -0.3 is 9.40 Å². The second-order valence-electron chi connectivity index (χ2n) is 4.23. The van der Waals surface area contributed by atoms with Crippen molar-refractivity contribution in [1.29, 1.82) is 0 Å². The molecule has 1 N–H and O–H groups in total. The molecule has 0 aliphatic rings. The average Bonchev–Trinajstić information content (AvgIpc) is 2.93. The fourth-order valence-electron chi connectivity index (χ4n) is 1.94. The van der Waals surface area contributed by atoms with Crippen molar-refractivity contribution in [3.63, 3.8) is 0 Å². The van der Waals surface area contributed by atoms with E-state index in [0.717, 1.165) is 34.8 Å². The molecule has 0 bridgehead atoms. The van der Waals surface area contributed by atoms with Crippen LogP contribution in [0.2, 0.25) is 0 Å². The lowest BCUT2D eigenvalue weighted by Gasteiger charge is -1.90. The Balaban J connectivity index is 2.11. The van der Waals surface area contributed by atoms with Crippen molar-refractivity contribution in [2.24, 2.45) is 0 Å². The van der Waals surface area contributed by atoms with Gasteiger partial charge in [0, 0.05) is 6.42 Å². The molecule has 3 heteroatoms. The lowest BCUT2D eigenvalue weighted by atomic mass is 10.2. The number of nitrogens with one attached hydrogen (secondary N) is 1. The first-order chi connectivity index (χ1) is 8.26. The number of benzene rings is 1. The topological polar surface area (TPSA) is 41.8 Å². The number of aromatic amines is 1. The molecular weight excluding hydrogens is 212 g/mol. The van der Waals surface area contributed by atoms with Gasteiger partial charge in [-0.2, -0.15) is 0 Å². The summed E-state index contributed by atoms with van der Waals surface area (Å²) in [5.41, 5.74) is 3.25. The maximum absolute atomic E-state index is 5.68. The molecule has 3 aromatic rings. The summed E-state index contributed by atoms with van der Waals surface area (Å²) in [6, 6.07) is 10.1. The Hall–Kier alpha value is -2.03. The number of rotatable bonds is 2. The van der Waals surface area contributed by atoms with Gasteiger partial charge in [-0.05, 0) is 36.8 Å². The summed E-state index contributed by atoms with van der Waals surface area (Å²) < 4.78 is 5.68. The van der Waals surface area contributed by atoms with Gasteiger partial charge in [-0.3, -0.25) is 0 Å². The van der Waals surface area contributed by atoms with Gasteiger partial charge in [0.25, 0.3) is 0 Å². The maximum Gasteiger partial charge on any atom is 0.174 e. The third-order valence-electron chi connectivity index (χ3n) is 2.88. The minimum Gasteiger partial charge on any atom is -0.458 e. The first-order valence-electron chi connectivity index (χ1n) is 5.81. The van der Waals surface area contributed by atoms with Crippen molar-refractivity contribution < 1.29 is 4.42 Å². The van der Waals surface area contributed by atoms with E-state index >= 15 is 0 Å². The van der Waals surface area contributed by atoms with Gasteiger partial charge in [-0.15, -0.1) is 0 Å². The van der Waals surface area contributed by atoms with Gasteiger partial charge in [-0.25, -0.2) is 4.98 Å². The number of aryl methyl sites for hydroxylation is 2. The van der Waals surface area contributed by atoms with E-state index in [1.54, 1.807) is 0 Å². The van der Waals surface area contributed by atoms with Crippen LogP contribution >= 0.6 is 0 Å². The molecule has 0 aliphatic heterocycles. The molecule has 0 saturated carbocycles. The molecule has 0 radical (unpaired) electrons. The minimum atomic E-state index is 0.797. The Bertz CT molecular complexity index is 664. The number of fused-ring (bicyclic) bond motifs is 1. The van der Waals surface area contributed by atoms with Crippen molar-refractivity contribution in [2.75, 3.05) is 0 Å². The molecule has 0 aliphatic carbocycles. The average molecular weight is 226 g/mol. The third kappa shape index (κ3) is 1.73. The van der Waals surface area contributed by atoms with Crippen LogP contribution in [0.3, 0.4) is 0 Å². The predicted octanol–water partition coefficient (Wildman–Crippen LogP) is 3.69. The molecule has 86 valence electrons. The highest BCUT2D eigenvalue weighted by Gasteiger charge is 2.09. The highest BCUT2D eigenvalue weighted by molar-refractivity contribution is 5.79. The Morgan fingerprint density at radius 1 is 1.24 bits per heavy atom. The normalized spacial score (nSPS) is 11.2. The quantitative estimate of drug-likeness (QED) is 0.724. The Kier molecular flexibility index (Phi) is 2.25. The van der Waals surface area contributed by atoms with Gasteiger partial charge in [0.05, 0.1) is 11.0 Å². The molecule has 3 rings (SSSR count). The zero-order valence-corrected chi connectivity index (χ0v) is 9.95. The van der Waals surface area contributed by atoms with E-state index in [1.807, 2.05) is 18.2 Å². The number of furan rings is 1. The van der Waals surface area contributed by atoms with Crippen molar-refractivity contribution in [3.05, 3.63) is 41.7 Å². The van der Waals surface area contributed by atoms with Crippen LogP contribution in [0.4, 0.5) is 0 Å². The highest BCUT2D eigenvalue weighted by Crippen LogP contribution is 2.23. The Morgan fingerprint density at radius 3 is 2.88 bits per heavy atom. The van der Waals surface area contributed by atoms with Crippen LogP contribution in [0.15, 0.2) is 34.7 Å². The molecule has 0 unspecified atom stereocenters. The Labute approximate surface area is 99.5 Å². The number of H-pyrrole nitrogens is 1. The maximum atomic E-state index is 5.68. The van der Waals surface area contributed by atoms with Crippen molar-refractivity contribution in [2.45, 2.75) is 20.3 Å². The van der Waals surface area contributed by atoms with Gasteiger partial charge in [-0.1, -0.05) is 13.0 Å². The lowest BCUT2D eigenvalue weighted by Crippen LogP contribution is -1.75. The van der Waals surface area contributed by atoms with E-state index in [0.29, 0.717) is 0 Å². The number of aromatic nitrogens is 2. The van der Waals surface area contributed by atoms with E-state index in [9.17, 15) is 0 Å². The molecule has 0 amide bonds. The highest BCUT2D eigenvalue weighted by atomic mass is 16.3. The standard InChI is InChI=1S/C14H14N2O/c1-3-10-5-7-13(17-10)14-15-11-6-4-9(2)8-12(11)16-14/h4-8H,3H2,1-2H3,(H,15,16). The molecule has 2 aromatic heterocycles.